The van der Waals surface area contributed by atoms with Crippen LogP contribution in [-0.2, 0) is 16.1 Å². The molecule has 1 fully saturated rings. The van der Waals surface area contributed by atoms with E-state index in [1.54, 1.807) is 17.9 Å². The summed E-state index contributed by atoms with van der Waals surface area (Å²) in [5, 5.41) is 11.2. The molecule has 2 N–H and O–H groups in total. The lowest BCUT2D eigenvalue weighted by Crippen LogP contribution is -2.56. The summed E-state index contributed by atoms with van der Waals surface area (Å²) in [5.74, 6) is -1.60. The van der Waals surface area contributed by atoms with Gasteiger partial charge in [0, 0.05) is 11.4 Å². The highest BCUT2D eigenvalue weighted by Crippen LogP contribution is 2.24. The van der Waals surface area contributed by atoms with Gasteiger partial charge in [-0.2, -0.15) is 0 Å². The molecule has 0 radical (unpaired) electrons. The van der Waals surface area contributed by atoms with E-state index in [2.05, 4.69) is 5.32 Å². The van der Waals surface area contributed by atoms with Gasteiger partial charge < -0.3 is 5.11 Å². The molecule has 0 bridgehead atoms. The maximum atomic E-state index is 11.5. The molecule has 7 heteroatoms. The maximum Gasteiger partial charge on any atom is 0.345 e. The molecule has 2 heterocycles. The Kier molecular flexibility index (Phi) is 3.68. The number of carbonyl (C=O) groups is 3. The van der Waals surface area contributed by atoms with Crippen LogP contribution in [-0.4, -0.2) is 40.4 Å². The molecule has 19 heavy (non-hydrogen) atoms. The zero-order chi connectivity index (χ0) is 14.2. The van der Waals surface area contributed by atoms with Crippen molar-refractivity contribution in [1.29, 1.82) is 0 Å². The second-order valence-corrected chi connectivity index (χ2v) is 5.75. The third kappa shape index (κ3) is 2.82. The smallest absolute Gasteiger partial charge is 0.345 e. The first kappa shape index (κ1) is 13.7. The van der Waals surface area contributed by atoms with Gasteiger partial charge in [0.05, 0.1) is 12.6 Å². The van der Waals surface area contributed by atoms with Crippen LogP contribution < -0.4 is 5.32 Å². The average molecular weight is 282 g/mol. The van der Waals surface area contributed by atoms with Crippen LogP contribution in [0.5, 0.6) is 0 Å². The topological polar surface area (TPSA) is 86.7 Å². The van der Waals surface area contributed by atoms with Gasteiger partial charge in [-0.15, -0.1) is 11.3 Å². The Hall–Kier alpha value is -1.73. The largest absolute Gasteiger partial charge is 0.477 e. The second kappa shape index (κ2) is 5.10. The van der Waals surface area contributed by atoms with Gasteiger partial charge in [-0.25, -0.2) is 4.79 Å². The molecule has 6 nitrogen and oxygen atoms in total. The summed E-state index contributed by atoms with van der Waals surface area (Å²) in [6, 6.07) is 1.21. The second-order valence-electron chi connectivity index (χ2n) is 4.49. The lowest BCUT2D eigenvalue weighted by atomic mass is 10.1. The highest BCUT2D eigenvalue weighted by atomic mass is 32.1. The van der Waals surface area contributed by atoms with Crippen molar-refractivity contribution in [1.82, 2.24) is 10.2 Å². The summed E-state index contributed by atoms with van der Waals surface area (Å²) >= 11 is 1.20. The Morgan fingerprint density at radius 2 is 2.26 bits per heavy atom. The average Bonchev–Trinajstić information content (AvgIpc) is 2.67. The molecule has 1 aliphatic heterocycles. The molecule has 1 unspecified atom stereocenters. The van der Waals surface area contributed by atoms with Crippen molar-refractivity contribution in [2.75, 3.05) is 6.54 Å². The SMILES string of the molecule is Cc1sc(C(=O)O)cc1CN1CC(=O)NC(=O)C1C. The van der Waals surface area contributed by atoms with E-state index in [-0.39, 0.29) is 23.2 Å². The van der Waals surface area contributed by atoms with Crippen molar-refractivity contribution < 1.29 is 19.5 Å². The Bertz CT molecular complexity index is 552. The molecule has 0 spiro atoms. The van der Waals surface area contributed by atoms with Gasteiger partial charge in [-0.3, -0.25) is 19.8 Å². The van der Waals surface area contributed by atoms with Crippen molar-refractivity contribution >= 4 is 29.1 Å². The number of rotatable bonds is 3. The predicted molar refractivity (Wildman–Crippen MR) is 69.0 cm³/mol. The van der Waals surface area contributed by atoms with Gasteiger partial charge in [0.25, 0.3) is 0 Å². The van der Waals surface area contributed by atoms with Crippen molar-refractivity contribution in [3.05, 3.63) is 21.4 Å². The fourth-order valence-electron chi connectivity index (χ4n) is 1.96. The summed E-state index contributed by atoms with van der Waals surface area (Å²) < 4.78 is 0. The van der Waals surface area contributed by atoms with Crippen LogP contribution in [0.3, 0.4) is 0 Å². The minimum absolute atomic E-state index is 0.143. The monoisotopic (exact) mass is 282 g/mol. The Balaban J connectivity index is 2.18. The van der Waals surface area contributed by atoms with Crippen molar-refractivity contribution in [3.63, 3.8) is 0 Å². The molecule has 1 atom stereocenters. The number of carboxylic acid groups (broad SMARTS) is 1. The highest BCUT2D eigenvalue weighted by molar-refractivity contribution is 7.14. The van der Waals surface area contributed by atoms with Crippen LogP contribution in [0.2, 0.25) is 0 Å². The van der Waals surface area contributed by atoms with Crippen molar-refractivity contribution in [2.24, 2.45) is 0 Å². The first-order valence-electron chi connectivity index (χ1n) is 5.79. The normalized spacial score (nSPS) is 20.4. The predicted octanol–water partition coefficient (Wildman–Crippen LogP) is 0.602. The fourth-order valence-corrected chi connectivity index (χ4v) is 2.84. The molecular formula is C12H14N2O4S. The zero-order valence-corrected chi connectivity index (χ0v) is 11.4. The van der Waals surface area contributed by atoms with Crippen LogP contribution in [0.4, 0.5) is 0 Å². The van der Waals surface area contributed by atoms with Crippen LogP contribution in [0.15, 0.2) is 6.07 Å². The molecule has 0 aromatic carbocycles. The van der Waals surface area contributed by atoms with E-state index in [9.17, 15) is 14.4 Å². The van der Waals surface area contributed by atoms with Crippen LogP contribution in [0, 0.1) is 6.92 Å². The lowest BCUT2D eigenvalue weighted by molar-refractivity contribution is -0.139. The van der Waals surface area contributed by atoms with Gasteiger partial charge >= 0.3 is 5.97 Å². The Labute approximate surface area is 114 Å². The van der Waals surface area contributed by atoms with Crippen molar-refractivity contribution in [3.8, 4) is 0 Å². The van der Waals surface area contributed by atoms with Gasteiger partial charge in [0.1, 0.15) is 4.88 Å². The van der Waals surface area contributed by atoms with E-state index in [1.807, 2.05) is 6.92 Å². The molecule has 1 aliphatic rings. The Morgan fingerprint density at radius 1 is 1.58 bits per heavy atom. The Morgan fingerprint density at radius 3 is 2.84 bits per heavy atom. The van der Waals surface area contributed by atoms with E-state index >= 15 is 0 Å². The highest BCUT2D eigenvalue weighted by Gasteiger charge is 2.30. The number of hydrogen-bond acceptors (Lipinski definition) is 5. The van der Waals surface area contributed by atoms with E-state index < -0.39 is 12.0 Å². The van der Waals surface area contributed by atoms with Gasteiger partial charge in [-0.1, -0.05) is 0 Å². The summed E-state index contributed by atoms with van der Waals surface area (Å²) in [6.07, 6.45) is 0. The summed E-state index contributed by atoms with van der Waals surface area (Å²) in [7, 11) is 0. The number of hydrogen-bond donors (Lipinski definition) is 2. The number of amides is 2. The van der Waals surface area contributed by atoms with Crippen LogP contribution in [0.1, 0.15) is 27.0 Å². The number of aryl methyl sites for hydroxylation is 1. The number of piperazine rings is 1. The molecule has 0 saturated carbocycles. The first-order valence-corrected chi connectivity index (χ1v) is 6.60. The molecule has 2 amide bonds. The molecule has 1 aromatic heterocycles. The standard InChI is InChI=1S/C12H14N2O4S/c1-6-11(16)13-10(15)5-14(6)4-8-3-9(12(17)18)19-7(8)2/h3,6H,4-5H2,1-2H3,(H,17,18)(H,13,15,16). The lowest BCUT2D eigenvalue weighted by Gasteiger charge is -2.31. The third-order valence-electron chi connectivity index (χ3n) is 3.14. The number of aromatic carboxylic acids is 1. The summed E-state index contributed by atoms with van der Waals surface area (Å²) in [4.78, 5) is 36.7. The molecule has 0 aliphatic carbocycles. The third-order valence-corrected chi connectivity index (χ3v) is 4.22. The van der Waals surface area contributed by atoms with E-state index in [0.29, 0.717) is 6.54 Å². The maximum absolute atomic E-state index is 11.5. The number of imide groups is 1. The number of thiophene rings is 1. The number of nitrogens with one attached hydrogen (secondary N) is 1. The van der Waals surface area contributed by atoms with Crippen LogP contribution in [0.25, 0.3) is 0 Å². The van der Waals surface area contributed by atoms with Gasteiger partial charge in [0.15, 0.2) is 0 Å². The minimum Gasteiger partial charge on any atom is -0.477 e. The molecule has 102 valence electrons. The number of carboxylic acids is 1. The summed E-state index contributed by atoms with van der Waals surface area (Å²) in [6.45, 7) is 4.10. The zero-order valence-electron chi connectivity index (χ0n) is 10.6. The van der Waals surface area contributed by atoms with E-state index in [4.69, 9.17) is 5.11 Å². The van der Waals surface area contributed by atoms with E-state index in [1.165, 1.54) is 11.3 Å². The minimum atomic E-state index is -0.958. The van der Waals surface area contributed by atoms with Crippen molar-refractivity contribution in [2.45, 2.75) is 26.4 Å². The molecule has 2 rings (SSSR count). The van der Waals surface area contributed by atoms with E-state index in [0.717, 1.165) is 10.4 Å². The number of nitrogens with zero attached hydrogens (tertiary/aromatic N) is 1. The van der Waals surface area contributed by atoms with Gasteiger partial charge in [0.2, 0.25) is 11.8 Å². The molecule has 1 aromatic rings. The summed E-state index contributed by atoms with van der Waals surface area (Å²) in [5.41, 5.74) is 0.844. The van der Waals surface area contributed by atoms with Gasteiger partial charge in [-0.05, 0) is 25.5 Å². The first-order chi connectivity index (χ1) is 8.88. The molecule has 1 saturated heterocycles. The number of carbonyl (C=O) groups excluding carboxylic acids is 2. The van der Waals surface area contributed by atoms with Crippen LogP contribution >= 0.6 is 11.3 Å². The fraction of sp³-hybridized carbons (Fsp3) is 0.417. The quantitative estimate of drug-likeness (QED) is 0.793. The molecular weight excluding hydrogens is 268 g/mol.